The fraction of sp³-hybridized carbons (Fsp3) is 0.579. The van der Waals surface area contributed by atoms with Crippen LogP contribution < -0.4 is 0 Å². The third kappa shape index (κ3) is 1.75. The molecule has 112 valence electrons. The molecule has 0 radical (unpaired) electrons. The van der Waals surface area contributed by atoms with E-state index in [4.69, 9.17) is 0 Å². The van der Waals surface area contributed by atoms with Crippen molar-refractivity contribution in [2.45, 2.75) is 51.0 Å². The molecular formula is C19H24O2. The Balaban J connectivity index is 1.77. The van der Waals surface area contributed by atoms with Crippen molar-refractivity contribution in [2.24, 2.45) is 17.3 Å². The first-order valence-corrected chi connectivity index (χ1v) is 8.20. The molecule has 5 atom stereocenters. The number of allylic oxidation sites excluding steroid dienone is 1. The van der Waals surface area contributed by atoms with Crippen molar-refractivity contribution in [3.05, 3.63) is 41.5 Å². The Hall–Kier alpha value is -1.28. The lowest BCUT2D eigenvalue weighted by Crippen LogP contribution is -2.41. The van der Waals surface area contributed by atoms with Crippen LogP contribution in [0.2, 0.25) is 0 Å². The van der Waals surface area contributed by atoms with Crippen molar-refractivity contribution in [1.29, 1.82) is 0 Å². The summed E-state index contributed by atoms with van der Waals surface area (Å²) in [5, 5.41) is 20.3. The fourth-order valence-electron chi connectivity index (χ4n) is 5.48. The Labute approximate surface area is 126 Å². The van der Waals surface area contributed by atoms with Crippen LogP contribution in [0.4, 0.5) is 0 Å². The van der Waals surface area contributed by atoms with Gasteiger partial charge in [0.1, 0.15) is 5.75 Å². The van der Waals surface area contributed by atoms with Gasteiger partial charge in [0.2, 0.25) is 0 Å². The third-order valence-corrected chi connectivity index (χ3v) is 6.72. The van der Waals surface area contributed by atoms with Gasteiger partial charge >= 0.3 is 0 Å². The van der Waals surface area contributed by atoms with Gasteiger partial charge in [-0.1, -0.05) is 25.1 Å². The molecule has 0 spiro atoms. The Morgan fingerprint density at radius 1 is 1.24 bits per heavy atom. The molecule has 0 saturated heterocycles. The summed E-state index contributed by atoms with van der Waals surface area (Å²) in [5.41, 5.74) is 3.94. The van der Waals surface area contributed by atoms with E-state index in [1.807, 2.05) is 6.07 Å². The lowest BCUT2D eigenvalue weighted by molar-refractivity contribution is 0.0306. The van der Waals surface area contributed by atoms with Gasteiger partial charge in [-0.3, -0.25) is 0 Å². The van der Waals surface area contributed by atoms with Crippen molar-refractivity contribution in [3.8, 4) is 5.75 Å². The van der Waals surface area contributed by atoms with Crippen LogP contribution in [0.1, 0.15) is 62.2 Å². The molecule has 2 fully saturated rings. The molecule has 2 heteroatoms. The van der Waals surface area contributed by atoms with Crippen molar-refractivity contribution in [1.82, 2.24) is 0 Å². The topological polar surface area (TPSA) is 40.5 Å². The predicted molar refractivity (Wildman–Crippen MR) is 83.1 cm³/mol. The zero-order chi connectivity index (χ0) is 14.8. The highest BCUT2D eigenvalue weighted by Crippen LogP contribution is 2.63. The smallest absolute Gasteiger partial charge is 0.115 e. The van der Waals surface area contributed by atoms with E-state index in [1.54, 1.807) is 12.1 Å². The second-order valence-corrected chi connectivity index (χ2v) is 7.54. The number of hydrogen-bond acceptors (Lipinski definition) is 2. The van der Waals surface area contributed by atoms with Gasteiger partial charge in [0, 0.05) is 0 Å². The average Bonchev–Trinajstić information content (AvgIpc) is 2.76. The first kappa shape index (κ1) is 13.4. The maximum absolute atomic E-state index is 10.6. The molecule has 2 nitrogen and oxygen atoms in total. The van der Waals surface area contributed by atoms with Crippen LogP contribution in [-0.2, 0) is 0 Å². The van der Waals surface area contributed by atoms with Crippen LogP contribution in [0, 0.1) is 17.3 Å². The van der Waals surface area contributed by atoms with Crippen molar-refractivity contribution >= 4 is 0 Å². The number of phenolic OH excluding ortho intramolecular Hbond substituents is 1. The van der Waals surface area contributed by atoms with E-state index in [0.29, 0.717) is 17.8 Å². The van der Waals surface area contributed by atoms with E-state index in [2.05, 4.69) is 13.5 Å². The summed E-state index contributed by atoms with van der Waals surface area (Å²) < 4.78 is 0. The standard InChI is InChI=1S/C19H24O2/c1-11-3-6-17-15-10-18(21)16-9-12(20)4-5-13(16)14(15)7-8-19(11,17)2/h4-5,9,14-15,17-18,20-21H,1,3,6-8,10H2,2H3/t14-,15-,17+,18-,19-/m1/s1. The number of aliphatic hydroxyl groups excluding tert-OH is 1. The van der Waals surface area contributed by atoms with E-state index in [1.165, 1.54) is 30.4 Å². The summed E-state index contributed by atoms with van der Waals surface area (Å²) in [6.07, 6.45) is 5.20. The highest BCUT2D eigenvalue weighted by molar-refractivity contribution is 5.42. The highest BCUT2D eigenvalue weighted by atomic mass is 16.3. The number of hydrogen-bond donors (Lipinski definition) is 2. The van der Waals surface area contributed by atoms with Crippen LogP contribution in [0.15, 0.2) is 30.4 Å². The van der Waals surface area contributed by atoms with Crippen molar-refractivity contribution < 1.29 is 10.2 Å². The molecule has 2 N–H and O–H groups in total. The summed E-state index contributed by atoms with van der Waals surface area (Å²) >= 11 is 0. The Bertz CT molecular complexity index is 606. The summed E-state index contributed by atoms with van der Waals surface area (Å²) in [6.45, 7) is 6.72. The molecule has 21 heavy (non-hydrogen) atoms. The molecule has 0 heterocycles. The molecule has 3 aliphatic rings. The van der Waals surface area contributed by atoms with E-state index in [9.17, 15) is 10.2 Å². The number of phenols is 1. The van der Waals surface area contributed by atoms with Gasteiger partial charge in [-0.2, -0.15) is 0 Å². The molecular weight excluding hydrogens is 260 g/mol. The number of rotatable bonds is 0. The van der Waals surface area contributed by atoms with E-state index in [-0.39, 0.29) is 11.2 Å². The van der Waals surface area contributed by atoms with Gasteiger partial charge in [0.25, 0.3) is 0 Å². The second-order valence-electron chi connectivity index (χ2n) is 7.54. The monoisotopic (exact) mass is 284 g/mol. The molecule has 0 amide bonds. The lowest BCUT2D eigenvalue weighted by atomic mass is 9.55. The van der Waals surface area contributed by atoms with Crippen LogP contribution in [0.3, 0.4) is 0 Å². The minimum atomic E-state index is -0.426. The van der Waals surface area contributed by atoms with E-state index >= 15 is 0 Å². The van der Waals surface area contributed by atoms with Crippen LogP contribution in [0.25, 0.3) is 0 Å². The number of benzene rings is 1. The summed E-state index contributed by atoms with van der Waals surface area (Å²) in [6, 6.07) is 5.57. The number of aromatic hydroxyl groups is 1. The van der Waals surface area contributed by atoms with Crippen LogP contribution in [-0.4, -0.2) is 10.2 Å². The van der Waals surface area contributed by atoms with Crippen LogP contribution >= 0.6 is 0 Å². The average molecular weight is 284 g/mol. The summed E-state index contributed by atoms with van der Waals surface area (Å²) in [4.78, 5) is 0. The largest absolute Gasteiger partial charge is 0.508 e. The summed E-state index contributed by atoms with van der Waals surface area (Å²) in [7, 11) is 0. The molecule has 1 aromatic carbocycles. The first-order chi connectivity index (χ1) is 10.0. The Morgan fingerprint density at radius 2 is 2.05 bits per heavy atom. The van der Waals surface area contributed by atoms with Gasteiger partial charge in [0.05, 0.1) is 6.10 Å². The molecule has 4 rings (SSSR count). The van der Waals surface area contributed by atoms with Gasteiger partial charge in [-0.05, 0) is 78.5 Å². The molecule has 2 saturated carbocycles. The Morgan fingerprint density at radius 3 is 2.86 bits per heavy atom. The highest BCUT2D eigenvalue weighted by Gasteiger charge is 2.52. The van der Waals surface area contributed by atoms with Gasteiger partial charge in [-0.25, -0.2) is 0 Å². The third-order valence-electron chi connectivity index (χ3n) is 6.72. The minimum absolute atomic E-state index is 0.265. The molecule has 1 aromatic rings. The van der Waals surface area contributed by atoms with Crippen molar-refractivity contribution in [2.75, 3.05) is 0 Å². The number of fused-ring (bicyclic) bond motifs is 5. The van der Waals surface area contributed by atoms with Crippen molar-refractivity contribution in [3.63, 3.8) is 0 Å². The van der Waals surface area contributed by atoms with Crippen LogP contribution in [0.5, 0.6) is 5.75 Å². The fourth-order valence-corrected chi connectivity index (χ4v) is 5.48. The summed E-state index contributed by atoms with van der Waals surface area (Å²) in [5.74, 6) is 2.05. The quantitative estimate of drug-likeness (QED) is 0.697. The maximum atomic E-state index is 10.6. The molecule has 3 aliphatic carbocycles. The van der Waals surface area contributed by atoms with E-state index < -0.39 is 6.10 Å². The zero-order valence-corrected chi connectivity index (χ0v) is 12.7. The van der Waals surface area contributed by atoms with Gasteiger partial charge in [-0.15, -0.1) is 0 Å². The van der Waals surface area contributed by atoms with E-state index in [0.717, 1.165) is 18.4 Å². The number of aliphatic hydroxyl groups is 1. The zero-order valence-electron chi connectivity index (χ0n) is 12.7. The van der Waals surface area contributed by atoms with Gasteiger partial charge in [0.15, 0.2) is 0 Å². The maximum Gasteiger partial charge on any atom is 0.115 e. The predicted octanol–water partition coefficient (Wildman–Crippen LogP) is 4.30. The molecule has 0 aliphatic heterocycles. The minimum Gasteiger partial charge on any atom is -0.508 e. The molecule has 0 unspecified atom stereocenters. The normalized spacial score (nSPS) is 41.3. The Kier molecular flexibility index (Phi) is 2.78. The molecule has 0 aromatic heterocycles. The SMILES string of the molecule is C=C1CC[C@H]2[C@@H]3C[C@@H](O)c4cc(O)ccc4[C@H]3CC[C@]12C. The second kappa shape index (κ2) is 4.36. The molecule has 0 bridgehead atoms. The first-order valence-electron chi connectivity index (χ1n) is 8.20. The lowest BCUT2D eigenvalue weighted by Gasteiger charge is -2.50. The van der Waals surface area contributed by atoms with Gasteiger partial charge < -0.3 is 10.2 Å².